The van der Waals surface area contributed by atoms with E-state index in [1.165, 1.54) is 54.4 Å². The number of aromatic nitrogens is 3. The number of rotatable bonds is 4. The highest BCUT2D eigenvalue weighted by Crippen LogP contribution is 2.36. The lowest BCUT2D eigenvalue weighted by molar-refractivity contribution is 0.123. The van der Waals surface area contributed by atoms with Crippen molar-refractivity contribution in [1.82, 2.24) is 19.5 Å². The third kappa shape index (κ3) is 3.19. The van der Waals surface area contributed by atoms with E-state index in [1.807, 2.05) is 6.92 Å². The Balaban J connectivity index is 1.58. The van der Waals surface area contributed by atoms with Crippen LogP contribution < -0.4 is 5.56 Å². The van der Waals surface area contributed by atoms with Gasteiger partial charge in [-0.25, -0.2) is 4.98 Å². The second kappa shape index (κ2) is 5.98. The maximum Gasteiger partial charge on any atom is 0.275 e. The Bertz CT molecular complexity index is 756. The van der Waals surface area contributed by atoms with Crippen LogP contribution in [0.4, 0.5) is 0 Å². The monoisotopic (exact) mass is 332 g/mol. The Labute approximate surface area is 140 Å². The molecule has 0 atom stereocenters. The molecule has 2 saturated carbocycles. The zero-order chi connectivity index (χ0) is 16.0. The van der Waals surface area contributed by atoms with Gasteiger partial charge in [0, 0.05) is 24.7 Å². The van der Waals surface area contributed by atoms with Gasteiger partial charge in [-0.3, -0.25) is 9.69 Å². The van der Waals surface area contributed by atoms with Crippen LogP contribution in [0.5, 0.6) is 0 Å². The van der Waals surface area contributed by atoms with Crippen molar-refractivity contribution in [3.8, 4) is 0 Å². The van der Waals surface area contributed by atoms with Gasteiger partial charge < -0.3 is 0 Å². The summed E-state index contributed by atoms with van der Waals surface area (Å²) in [6.07, 6.45) is 7.84. The highest BCUT2D eigenvalue weighted by atomic mass is 32.1. The zero-order valence-corrected chi connectivity index (χ0v) is 14.7. The van der Waals surface area contributed by atoms with E-state index in [1.54, 1.807) is 6.07 Å². The minimum absolute atomic E-state index is 0.0534. The average molecular weight is 332 g/mol. The molecule has 0 radical (unpaired) electrons. The largest absolute Gasteiger partial charge is 0.292 e. The van der Waals surface area contributed by atoms with E-state index < -0.39 is 0 Å². The van der Waals surface area contributed by atoms with Gasteiger partial charge in [0.25, 0.3) is 5.56 Å². The van der Waals surface area contributed by atoms with E-state index >= 15 is 0 Å². The van der Waals surface area contributed by atoms with Crippen molar-refractivity contribution < 1.29 is 0 Å². The first-order valence-corrected chi connectivity index (χ1v) is 9.54. The van der Waals surface area contributed by atoms with Crippen LogP contribution in [0.15, 0.2) is 10.9 Å². The van der Waals surface area contributed by atoms with Gasteiger partial charge in [-0.15, -0.1) is 0 Å². The molecule has 2 aliphatic carbocycles. The van der Waals surface area contributed by atoms with Gasteiger partial charge in [-0.2, -0.15) is 9.61 Å². The SMILES string of the molecule is Cc1nn2c(=O)cc(CN(C3CCC(C)CC3)C3CC3)nc2s1. The molecule has 4 rings (SSSR count). The fourth-order valence-electron chi connectivity index (χ4n) is 3.76. The van der Waals surface area contributed by atoms with Crippen molar-refractivity contribution in [3.63, 3.8) is 0 Å². The van der Waals surface area contributed by atoms with E-state index in [9.17, 15) is 4.79 Å². The first-order chi connectivity index (χ1) is 11.1. The van der Waals surface area contributed by atoms with Crippen LogP contribution in [0.3, 0.4) is 0 Å². The summed E-state index contributed by atoms with van der Waals surface area (Å²) in [5.74, 6) is 0.867. The standard InChI is InChI=1S/C17H24N4OS/c1-11-3-5-14(6-4-11)20(15-7-8-15)10-13-9-16(22)21-17(18-13)23-12(2)19-21/h9,11,14-15H,3-8,10H2,1-2H3. The minimum atomic E-state index is -0.0534. The van der Waals surface area contributed by atoms with Crippen LogP contribution in [0.25, 0.3) is 4.96 Å². The molecule has 5 nitrogen and oxygen atoms in total. The van der Waals surface area contributed by atoms with Crippen LogP contribution in [-0.4, -0.2) is 31.6 Å². The molecule has 0 aliphatic heterocycles. The topological polar surface area (TPSA) is 50.5 Å². The third-order valence-corrected chi connectivity index (χ3v) is 6.04. The highest BCUT2D eigenvalue weighted by molar-refractivity contribution is 7.16. The Kier molecular flexibility index (Phi) is 3.97. The van der Waals surface area contributed by atoms with Gasteiger partial charge in [-0.1, -0.05) is 18.3 Å². The van der Waals surface area contributed by atoms with Crippen molar-refractivity contribution in [1.29, 1.82) is 0 Å². The Hall–Kier alpha value is -1.27. The number of nitrogens with zero attached hydrogens (tertiary/aromatic N) is 4. The predicted octanol–water partition coefficient (Wildman–Crippen LogP) is 3.00. The molecule has 2 fully saturated rings. The second-order valence-corrected chi connectivity index (χ2v) is 8.38. The molecule has 2 heterocycles. The van der Waals surface area contributed by atoms with Gasteiger partial charge in [0.2, 0.25) is 4.96 Å². The molecule has 2 aromatic rings. The molecule has 0 N–H and O–H groups in total. The van der Waals surface area contributed by atoms with Gasteiger partial charge in [0.1, 0.15) is 5.01 Å². The first kappa shape index (κ1) is 15.3. The lowest BCUT2D eigenvalue weighted by atomic mass is 9.86. The van der Waals surface area contributed by atoms with Crippen LogP contribution >= 0.6 is 11.3 Å². The summed E-state index contributed by atoms with van der Waals surface area (Å²) in [5.41, 5.74) is 0.853. The maximum atomic E-state index is 12.2. The van der Waals surface area contributed by atoms with Crippen molar-refractivity contribution in [2.24, 2.45) is 5.92 Å². The Morgan fingerprint density at radius 1 is 1.22 bits per heavy atom. The summed E-state index contributed by atoms with van der Waals surface area (Å²) >= 11 is 1.49. The van der Waals surface area contributed by atoms with Crippen molar-refractivity contribution >= 4 is 16.3 Å². The number of hydrogen-bond acceptors (Lipinski definition) is 5. The Morgan fingerprint density at radius 2 is 1.87 bits per heavy atom. The molecule has 0 saturated heterocycles. The van der Waals surface area contributed by atoms with Crippen molar-refractivity contribution in [3.05, 3.63) is 27.1 Å². The summed E-state index contributed by atoms with van der Waals surface area (Å²) in [6, 6.07) is 3.05. The second-order valence-electron chi connectivity index (χ2n) is 7.22. The molecule has 23 heavy (non-hydrogen) atoms. The quantitative estimate of drug-likeness (QED) is 0.863. The summed E-state index contributed by atoms with van der Waals surface area (Å²) in [4.78, 5) is 20.3. The summed E-state index contributed by atoms with van der Waals surface area (Å²) < 4.78 is 1.42. The lowest BCUT2D eigenvalue weighted by Gasteiger charge is -2.36. The van der Waals surface area contributed by atoms with E-state index in [0.717, 1.165) is 28.1 Å². The number of hydrogen-bond donors (Lipinski definition) is 0. The molecule has 2 aromatic heterocycles. The van der Waals surface area contributed by atoms with Crippen molar-refractivity contribution in [2.45, 2.75) is 71.0 Å². The molecular weight excluding hydrogens is 308 g/mol. The fourth-order valence-corrected chi connectivity index (χ4v) is 4.52. The van der Waals surface area contributed by atoms with E-state index in [4.69, 9.17) is 4.98 Å². The Morgan fingerprint density at radius 3 is 2.52 bits per heavy atom. The molecule has 124 valence electrons. The maximum absolute atomic E-state index is 12.2. The predicted molar refractivity (Wildman–Crippen MR) is 91.9 cm³/mol. The summed E-state index contributed by atoms with van der Waals surface area (Å²) in [6.45, 7) is 5.09. The zero-order valence-electron chi connectivity index (χ0n) is 13.9. The number of aryl methyl sites for hydroxylation is 1. The van der Waals surface area contributed by atoms with Crippen molar-refractivity contribution in [2.75, 3.05) is 0 Å². The summed E-state index contributed by atoms with van der Waals surface area (Å²) in [7, 11) is 0. The normalized spacial score (nSPS) is 25.3. The molecule has 6 heteroatoms. The van der Waals surface area contributed by atoms with Crippen LogP contribution in [0.2, 0.25) is 0 Å². The van der Waals surface area contributed by atoms with Gasteiger partial charge >= 0.3 is 0 Å². The molecule has 0 aromatic carbocycles. The van der Waals surface area contributed by atoms with Gasteiger partial charge in [0.15, 0.2) is 0 Å². The lowest BCUT2D eigenvalue weighted by Crippen LogP contribution is -2.39. The average Bonchev–Trinajstić information content (AvgIpc) is 3.28. The molecule has 0 unspecified atom stereocenters. The first-order valence-electron chi connectivity index (χ1n) is 8.72. The van der Waals surface area contributed by atoms with Crippen LogP contribution in [0.1, 0.15) is 56.2 Å². The summed E-state index contributed by atoms with van der Waals surface area (Å²) in [5, 5.41) is 5.11. The van der Waals surface area contributed by atoms with Crippen LogP contribution in [0, 0.1) is 12.8 Å². The molecular formula is C17H24N4OS. The van der Waals surface area contributed by atoms with Gasteiger partial charge in [0.05, 0.1) is 5.69 Å². The molecule has 0 amide bonds. The van der Waals surface area contributed by atoms with E-state index in [0.29, 0.717) is 12.1 Å². The van der Waals surface area contributed by atoms with E-state index in [2.05, 4.69) is 16.9 Å². The smallest absolute Gasteiger partial charge is 0.275 e. The third-order valence-electron chi connectivity index (χ3n) is 5.21. The minimum Gasteiger partial charge on any atom is -0.292 e. The number of fused-ring (bicyclic) bond motifs is 1. The molecule has 0 spiro atoms. The van der Waals surface area contributed by atoms with Crippen LogP contribution in [-0.2, 0) is 6.54 Å². The molecule has 0 bridgehead atoms. The highest BCUT2D eigenvalue weighted by Gasteiger charge is 2.35. The van der Waals surface area contributed by atoms with Gasteiger partial charge in [-0.05, 0) is 51.4 Å². The van der Waals surface area contributed by atoms with E-state index in [-0.39, 0.29) is 5.56 Å². The fraction of sp³-hybridized carbons (Fsp3) is 0.706. The molecule has 2 aliphatic rings.